The van der Waals surface area contributed by atoms with Crippen LogP contribution < -0.4 is 10.2 Å². The van der Waals surface area contributed by atoms with Crippen molar-refractivity contribution in [3.05, 3.63) is 24.3 Å². The van der Waals surface area contributed by atoms with E-state index in [1.807, 2.05) is 23.1 Å². The quantitative estimate of drug-likeness (QED) is 0.928. The molecule has 3 heterocycles. The van der Waals surface area contributed by atoms with Crippen LogP contribution in [0.3, 0.4) is 0 Å². The van der Waals surface area contributed by atoms with Crippen molar-refractivity contribution in [1.29, 1.82) is 0 Å². The Morgan fingerprint density at radius 1 is 1.38 bits per heavy atom. The van der Waals surface area contributed by atoms with Crippen LogP contribution in [0.4, 0.5) is 5.95 Å². The molecule has 2 aromatic rings. The number of fused-ring (bicyclic) bond motifs is 3. The smallest absolute Gasteiger partial charge is 0.229 e. The number of amides is 1. The van der Waals surface area contributed by atoms with E-state index in [4.69, 9.17) is 0 Å². The molecule has 0 bridgehead atoms. The van der Waals surface area contributed by atoms with Gasteiger partial charge in [-0.25, -0.2) is 4.98 Å². The van der Waals surface area contributed by atoms with Crippen LogP contribution in [0.25, 0.3) is 11.0 Å². The minimum atomic E-state index is 0. The molecule has 1 fully saturated rings. The fraction of sp³-hybridized carbons (Fsp3) is 0.556. The van der Waals surface area contributed by atoms with Crippen molar-refractivity contribution in [3.63, 3.8) is 0 Å². The molecule has 1 saturated heterocycles. The number of imidazole rings is 1. The van der Waals surface area contributed by atoms with Gasteiger partial charge < -0.3 is 9.88 Å². The third-order valence-corrected chi connectivity index (χ3v) is 5.36. The summed E-state index contributed by atoms with van der Waals surface area (Å²) in [7, 11) is 0. The van der Waals surface area contributed by atoms with E-state index in [1.54, 1.807) is 0 Å². The number of piperidine rings is 1. The predicted molar refractivity (Wildman–Crippen MR) is 98.7 cm³/mol. The molecule has 0 saturated carbocycles. The van der Waals surface area contributed by atoms with Crippen molar-refractivity contribution in [2.24, 2.45) is 11.8 Å². The maximum Gasteiger partial charge on any atom is 0.229 e. The average Bonchev–Trinajstić information content (AvgIpc) is 3.14. The summed E-state index contributed by atoms with van der Waals surface area (Å²) in [5.74, 6) is 2.09. The Labute approximate surface area is 148 Å². The van der Waals surface area contributed by atoms with Crippen molar-refractivity contribution < 1.29 is 4.79 Å². The lowest BCUT2D eigenvalue weighted by molar-refractivity contribution is -0.119. The topological polar surface area (TPSA) is 50.2 Å². The molecule has 2 atom stereocenters. The Bertz CT molecular complexity index is 723. The van der Waals surface area contributed by atoms with E-state index < -0.39 is 0 Å². The average molecular weight is 349 g/mol. The number of aromatic nitrogens is 2. The Hall–Kier alpha value is -1.59. The standard InChI is InChI=1S/C18H24N4O.ClH/c1-13(14-5-4-8-19-12-14)11-17(23)22-10-9-21-16-7-3-2-6-15(16)20-18(21)22;/h2-3,6-7,13-14,19H,4-5,8-12H2,1H3;1H. The van der Waals surface area contributed by atoms with Crippen molar-refractivity contribution in [1.82, 2.24) is 14.9 Å². The fourth-order valence-electron chi connectivity index (χ4n) is 3.94. The van der Waals surface area contributed by atoms with Gasteiger partial charge in [-0.15, -0.1) is 12.4 Å². The highest BCUT2D eigenvalue weighted by molar-refractivity contribution is 5.95. The molecule has 1 aromatic heterocycles. The molecule has 5 nitrogen and oxygen atoms in total. The van der Waals surface area contributed by atoms with Gasteiger partial charge in [0, 0.05) is 19.5 Å². The molecule has 2 aliphatic rings. The number of anilines is 1. The first-order valence-electron chi connectivity index (χ1n) is 8.70. The molecule has 6 heteroatoms. The van der Waals surface area contributed by atoms with Crippen LogP contribution in [-0.4, -0.2) is 35.1 Å². The second kappa shape index (κ2) is 7.11. The summed E-state index contributed by atoms with van der Waals surface area (Å²) in [6.45, 7) is 5.98. The largest absolute Gasteiger partial charge is 0.316 e. The molecule has 130 valence electrons. The van der Waals surface area contributed by atoms with Gasteiger partial charge in [0.2, 0.25) is 11.9 Å². The van der Waals surface area contributed by atoms with Gasteiger partial charge in [0.1, 0.15) is 0 Å². The minimum Gasteiger partial charge on any atom is -0.316 e. The van der Waals surface area contributed by atoms with Gasteiger partial charge in [0.25, 0.3) is 0 Å². The Morgan fingerprint density at radius 2 is 2.21 bits per heavy atom. The summed E-state index contributed by atoms with van der Waals surface area (Å²) in [5, 5.41) is 3.45. The van der Waals surface area contributed by atoms with Gasteiger partial charge in [-0.05, 0) is 49.9 Å². The summed E-state index contributed by atoms with van der Waals surface area (Å²) in [4.78, 5) is 19.3. The van der Waals surface area contributed by atoms with Crippen molar-refractivity contribution >= 4 is 35.3 Å². The zero-order valence-electron chi connectivity index (χ0n) is 14.1. The van der Waals surface area contributed by atoms with E-state index in [-0.39, 0.29) is 18.3 Å². The lowest BCUT2D eigenvalue weighted by atomic mass is 9.85. The Kier molecular flexibility index (Phi) is 5.11. The van der Waals surface area contributed by atoms with Crippen LogP contribution in [-0.2, 0) is 11.3 Å². The highest BCUT2D eigenvalue weighted by Gasteiger charge is 2.30. The summed E-state index contributed by atoms with van der Waals surface area (Å²) < 4.78 is 2.17. The monoisotopic (exact) mass is 348 g/mol. The van der Waals surface area contributed by atoms with E-state index in [0.717, 1.165) is 43.2 Å². The molecular formula is C18H25ClN4O. The second-order valence-electron chi connectivity index (χ2n) is 6.89. The number of hydrogen-bond acceptors (Lipinski definition) is 3. The molecule has 0 spiro atoms. The molecule has 1 amide bonds. The van der Waals surface area contributed by atoms with Crippen LogP contribution in [0.15, 0.2) is 24.3 Å². The molecule has 2 unspecified atom stereocenters. The van der Waals surface area contributed by atoms with Crippen LogP contribution in [0.5, 0.6) is 0 Å². The molecule has 2 aliphatic heterocycles. The normalized spacial score (nSPS) is 21.4. The zero-order valence-corrected chi connectivity index (χ0v) is 14.9. The molecule has 1 N–H and O–H groups in total. The number of nitrogens with zero attached hydrogens (tertiary/aromatic N) is 3. The first-order chi connectivity index (χ1) is 11.2. The van der Waals surface area contributed by atoms with E-state index in [9.17, 15) is 4.79 Å². The number of carbonyl (C=O) groups is 1. The molecule has 24 heavy (non-hydrogen) atoms. The van der Waals surface area contributed by atoms with Crippen molar-refractivity contribution in [2.75, 3.05) is 24.5 Å². The third kappa shape index (κ3) is 3.03. The number of rotatable bonds is 3. The Balaban J connectivity index is 0.00000169. The van der Waals surface area contributed by atoms with Crippen molar-refractivity contribution in [3.8, 4) is 0 Å². The van der Waals surface area contributed by atoms with E-state index >= 15 is 0 Å². The summed E-state index contributed by atoms with van der Waals surface area (Å²) in [5.41, 5.74) is 2.10. The summed E-state index contributed by atoms with van der Waals surface area (Å²) in [6, 6.07) is 8.12. The third-order valence-electron chi connectivity index (χ3n) is 5.36. The van der Waals surface area contributed by atoms with E-state index in [1.165, 1.54) is 12.8 Å². The summed E-state index contributed by atoms with van der Waals surface area (Å²) >= 11 is 0. The lowest BCUT2D eigenvalue weighted by Crippen LogP contribution is -2.37. The highest BCUT2D eigenvalue weighted by Crippen LogP contribution is 2.29. The van der Waals surface area contributed by atoms with Crippen LogP contribution >= 0.6 is 12.4 Å². The van der Waals surface area contributed by atoms with Crippen LogP contribution in [0, 0.1) is 11.8 Å². The maximum absolute atomic E-state index is 12.8. The first kappa shape index (κ1) is 17.2. The van der Waals surface area contributed by atoms with Crippen molar-refractivity contribution in [2.45, 2.75) is 32.7 Å². The Morgan fingerprint density at radius 3 is 3.00 bits per heavy atom. The molecule has 0 aliphatic carbocycles. The second-order valence-corrected chi connectivity index (χ2v) is 6.89. The number of hydrogen-bond donors (Lipinski definition) is 1. The van der Waals surface area contributed by atoms with Gasteiger partial charge >= 0.3 is 0 Å². The minimum absolute atomic E-state index is 0. The number of para-hydroxylation sites is 2. The molecule has 1 aromatic carbocycles. The van der Waals surface area contributed by atoms with Gasteiger partial charge in [0.15, 0.2) is 0 Å². The molecule has 4 rings (SSSR count). The number of carbonyl (C=O) groups excluding carboxylic acids is 1. The van der Waals surface area contributed by atoms with Crippen LogP contribution in [0.1, 0.15) is 26.2 Å². The first-order valence-corrected chi connectivity index (χ1v) is 8.70. The fourth-order valence-corrected chi connectivity index (χ4v) is 3.94. The lowest BCUT2D eigenvalue weighted by Gasteiger charge is -2.28. The number of benzene rings is 1. The van der Waals surface area contributed by atoms with Gasteiger partial charge in [-0.2, -0.15) is 0 Å². The van der Waals surface area contributed by atoms with Crippen LogP contribution in [0.2, 0.25) is 0 Å². The highest BCUT2D eigenvalue weighted by atomic mass is 35.5. The summed E-state index contributed by atoms with van der Waals surface area (Å²) in [6.07, 6.45) is 3.08. The zero-order chi connectivity index (χ0) is 15.8. The van der Waals surface area contributed by atoms with Gasteiger partial charge in [0.05, 0.1) is 11.0 Å². The van der Waals surface area contributed by atoms with E-state index in [2.05, 4.69) is 27.9 Å². The maximum atomic E-state index is 12.8. The van der Waals surface area contributed by atoms with E-state index in [0.29, 0.717) is 18.3 Å². The van der Waals surface area contributed by atoms with Gasteiger partial charge in [-0.3, -0.25) is 9.69 Å². The molecule has 0 radical (unpaired) electrons. The van der Waals surface area contributed by atoms with Gasteiger partial charge in [-0.1, -0.05) is 19.1 Å². The predicted octanol–water partition coefficient (Wildman–Crippen LogP) is 2.83. The molecular weight excluding hydrogens is 324 g/mol. The number of halogens is 1. The SMILES string of the molecule is CC(CC(=O)N1CCn2c1nc1ccccc12)C1CCCNC1.Cl. The number of nitrogens with one attached hydrogen (secondary N) is 1.